The molecule has 8 nitrogen and oxygen atoms in total. The summed E-state index contributed by atoms with van der Waals surface area (Å²) in [6.07, 6.45) is 4.82. The Balaban J connectivity index is 1.69. The number of amides is 1. The molecule has 25 heavy (non-hydrogen) atoms. The molecule has 1 aliphatic rings. The largest absolute Gasteiger partial charge is 0.380 e. The normalized spacial score (nSPS) is 17.4. The molecule has 8 heteroatoms. The van der Waals surface area contributed by atoms with Crippen LogP contribution in [-0.2, 0) is 17.8 Å². The van der Waals surface area contributed by atoms with E-state index in [1.807, 2.05) is 29.7 Å². The summed E-state index contributed by atoms with van der Waals surface area (Å²) in [5, 5.41) is 11.9. The van der Waals surface area contributed by atoms with Crippen LogP contribution in [0.2, 0.25) is 0 Å². The minimum Gasteiger partial charge on any atom is -0.380 e. The molecule has 0 saturated heterocycles. The van der Waals surface area contributed by atoms with Crippen LogP contribution in [0.1, 0.15) is 16.1 Å². The zero-order chi connectivity index (χ0) is 17.6. The number of aromatic nitrogens is 4. The second kappa shape index (κ2) is 8.17. The van der Waals surface area contributed by atoms with E-state index in [4.69, 9.17) is 4.74 Å². The first-order valence-electron chi connectivity index (χ1n) is 8.42. The molecule has 134 valence electrons. The third-order valence-electron chi connectivity index (χ3n) is 4.22. The van der Waals surface area contributed by atoms with Crippen molar-refractivity contribution in [3.63, 3.8) is 0 Å². The van der Waals surface area contributed by atoms with Crippen molar-refractivity contribution in [2.75, 3.05) is 40.4 Å². The molecular weight excluding hydrogens is 320 g/mol. The molecule has 0 unspecified atom stereocenters. The van der Waals surface area contributed by atoms with Gasteiger partial charge in [-0.25, -0.2) is 0 Å². The van der Waals surface area contributed by atoms with E-state index in [9.17, 15) is 4.79 Å². The summed E-state index contributed by atoms with van der Waals surface area (Å²) in [6, 6.07) is 3.65. The first-order valence-corrected chi connectivity index (χ1v) is 8.42. The number of hydrogen-bond acceptors (Lipinski definition) is 6. The first kappa shape index (κ1) is 17.5. The predicted octanol–water partition coefficient (Wildman–Crippen LogP) is 0.524. The van der Waals surface area contributed by atoms with Gasteiger partial charge in [-0.3, -0.25) is 9.48 Å². The van der Waals surface area contributed by atoms with Crippen LogP contribution < -0.4 is 0 Å². The van der Waals surface area contributed by atoms with Gasteiger partial charge in [0.15, 0.2) is 0 Å². The van der Waals surface area contributed by atoms with Crippen molar-refractivity contribution in [2.45, 2.75) is 13.1 Å². The Bertz CT molecular complexity index is 687. The van der Waals surface area contributed by atoms with Gasteiger partial charge in [0.05, 0.1) is 43.4 Å². The Morgan fingerprint density at radius 3 is 2.92 bits per heavy atom. The minimum atomic E-state index is -0.0390. The van der Waals surface area contributed by atoms with Gasteiger partial charge in [-0.15, -0.1) is 0 Å². The molecule has 3 rings (SSSR count). The number of hydrogen-bond donors (Lipinski definition) is 0. The van der Waals surface area contributed by atoms with Gasteiger partial charge < -0.3 is 14.5 Å². The van der Waals surface area contributed by atoms with E-state index in [1.54, 1.807) is 12.3 Å². The lowest BCUT2D eigenvalue weighted by Gasteiger charge is -2.24. The van der Waals surface area contributed by atoms with Crippen LogP contribution in [0, 0.1) is 5.92 Å². The maximum atomic E-state index is 12.8. The molecular formula is C17H24N6O2. The predicted molar refractivity (Wildman–Crippen MR) is 91.9 cm³/mol. The smallest absolute Gasteiger partial charge is 0.255 e. The van der Waals surface area contributed by atoms with Crippen molar-refractivity contribution in [3.8, 4) is 0 Å². The molecule has 3 heterocycles. The maximum Gasteiger partial charge on any atom is 0.255 e. The fourth-order valence-electron chi connectivity index (χ4n) is 2.89. The van der Waals surface area contributed by atoms with E-state index < -0.39 is 0 Å². The van der Waals surface area contributed by atoms with Gasteiger partial charge in [0.2, 0.25) is 0 Å². The molecule has 2 aromatic rings. The Kier molecular flexibility index (Phi) is 5.72. The van der Waals surface area contributed by atoms with Gasteiger partial charge in [0, 0.05) is 31.7 Å². The standard InChI is InChI=1S/C17H24N6O2/c1-21(2)7-8-25-13-14-10-22(12-16-4-6-20-23(16)11-14)17(24)15-3-5-18-19-9-15/h3-6,9,14H,7-8,10-13H2,1-2H3/t14-/m0/s1. The molecule has 1 atom stereocenters. The highest BCUT2D eigenvalue weighted by Gasteiger charge is 2.26. The lowest BCUT2D eigenvalue weighted by molar-refractivity contribution is 0.0560. The van der Waals surface area contributed by atoms with Crippen molar-refractivity contribution < 1.29 is 9.53 Å². The van der Waals surface area contributed by atoms with Crippen molar-refractivity contribution in [2.24, 2.45) is 5.92 Å². The molecule has 0 saturated carbocycles. The second-order valence-electron chi connectivity index (χ2n) is 6.57. The van der Waals surface area contributed by atoms with Crippen molar-refractivity contribution in [1.29, 1.82) is 0 Å². The molecule has 0 aliphatic carbocycles. The SMILES string of the molecule is CN(C)CCOC[C@H]1CN(C(=O)c2ccnnc2)Cc2ccnn2C1. The van der Waals surface area contributed by atoms with Crippen LogP contribution >= 0.6 is 0 Å². The monoisotopic (exact) mass is 344 g/mol. The number of fused-ring (bicyclic) bond motifs is 1. The van der Waals surface area contributed by atoms with Gasteiger partial charge in [-0.1, -0.05) is 0 Å². The highest BCUT2D eigenvalue weighted by Crippen LogP contribution is 2.18. The van der Waals surface area contributed by atoms with Crippen LogP contribution in [0.3, 0.4) is 0 Å². The maximum absolute atomic E-state index is 12.8. The number of nitrogens with zero attached hydrogens (tertiary/aromatic N) is 6. The third kappa shape index (κ3) is 4.61. The minimum absolute atomic E-state index is 0.0390. The molecule has 1 amide bonds. The van der Waals surface area contributed by atoms with Gasteiger partial charge in [0.1, 0.15) is 0 Å². The van der Waals surface area contributed by atoms with Crippen LogP contribution in [0.15, 0.2) is 30.7 Å². The quantitative estimate of drug-likeness (QED) is 0.711. The molecule has 2 aromatic heterocycles. The Hall–Kier alpha value is -2.32. The summed E-state index contributed by atoms with van der Waals surface area (Å²) in [5.74, 6) is 0.157. The number of rotatable bonds is 6. The lowest BCUT2D eigenvalue weighted by atomic mass is 10.1. The summed E-state index contributed by atoms with van der Waals surface area (Å²) in [7, 11) is 4.04. The van der Waals surface area contributed by atoms with Gasteiger partial charge in [-0.2, -0.15) is 15.3 Å². The highest BCUT2D eigenvalue weighted by atomic mass is 16.5. The van der Waals surface area contributed by atoms with Crippen LogP contribution in [0.25, 0.3) is 0 Å². The Labute approximate surface area is 147 Å². The van der Waals surface area contributed by atoms with Crippen LogP contribution in [0.5, 0.6) is 0 Å². The fourth-order valence-corrected chi connectivity index (χ4v) is 2.89. The van der Waals surface area contributed by atoms with Crippen molar-refractivity contribution in [3.05, 3.63) is 42.0 Å². The van der Waals surface area contributed by atoms with Gasteiger partial charge in [-0.05, 0) is 26.2 Å². The van der Waals surface area contributed by atoms with Gasteiger partial charge in [0.25, 0.3) is 5.91 Å². The molecule has 0 radical (unpaired) electrons. The summed E-state index contributed by atoms with van der Waals surface area (Å²) >= 11 is 0. The number of likely N-dealkylation sites (N-methyl/N-ethyl adjacent to an activating group) is 1. The van der Waals surface area contributed by atoms with Gasteiger partial charge >= 0.3 is 0 Å². The molecule has 1 aliphatic heterocycles. The molecule has 0 N–H and O–H groups in total. The second-order valence-corrected chi connectivity index (χ2v) is 6.57. The molecule has 0 bridgehead atoms. The lowest BCUT2D eigenvalue weighted by Crippen LogP contribution is -2.35. The average Bonchev–Trinajstić information content (AvgIpc) is 2.97. The van der Waals surface area contributed by atoms with Crippen LogP contribution in [0.4, 0.5) is 0 Å². The number of carbonyl (C=O) groups is 1. The van der Waals surface area contributed by atoms with E-state index in [0.717, 1.165) is 18.8 Å². The third-order valence-corrected chi connectivity index (χ3v) is 4.22. The average molecular weight is 344 g/mol. The van der Waals surface area contributed by atoms with E-state index in [-0.39, 0.29) is 11.8 Å². The van der Waals surface area contributed by atoms with Crippen molar-refractivity contribution >= 4 is 5.91 Å². The zero-order valence-electron chi connectivity index (χ0n) is 14.7. The summed E-state index contributed by atoms with van der Waals surface area (Å²) in [4.78, 5) is 16.8. The van der Waals surface area contributed by atoms with E-state index in [2.05, 4.69) is 20.2 Å². The van der Waals surface area contributed by atoms with E-state index >= 15 is 0 Å². The fraction of sp³-hybridized carbons (Fsp3) is 0.529. The zero-order valence-corrected chi connectivity index (χ0v) is 14.7. The van der Waals surface area contributed by atoms with E-state index in [1.165, 1.54) is 12.4 Å². The molecule has 0 spiro atoms. The molecule has 0 fully saturated rings. The van der Waals surface area contributed by atoms with Crippen molar-refractivity contribution in [1.82, 2.24) is 29.8 Å². The summed E-state index contributed by atoms with van der Waals surface area (Å²) < 4.78 is 7.79. The highest BCUT2D eigenvalue weighted by molar-refractivity contribution is 5.93. The summed E-state index contributed by atoms with van der Waals surface area (Å²) in [6.45, 7) is 4.08. The molecule has 0 aromatic carbocycles. The summed E-state index contributed by atoms with van der Waals surface area (Å²) in [5.41, 5.74) is 1.58. The van der Waals surface area contributed by atoms with E-state index in [0.29, 0.717) is 31.9 Å². The van der Waals surface area contributed by atoms with Crippen LogP contribution in [-0.4, -0.2) is 76.1 Å². The Morgan fingerprint density at radius 1 is 1.28 bits per heavy atom. The Morgan fingerprint density at radius 2 is 2.16 bits per heavy atom. The topological polar surface area (TPSA) is 76.4 Å². The number of ether oxygens (including phenoxy) is 1. The number of carbonyl (C=O) groups excluding carboxylic acids is 1. The first-order chi connectivity index (χ1) is 12.1.